The number of hydrogen-bond acceptors (Lipinski definition) is 16. The highest BCUT2D eigenvalue weighted by Crippen LogP contribution is 2.67. The summed E-state index contributed by atoms with van der Waals surface area (Å²) >= 11 is 0. The average Bonchev–Trinajstić information content (AvgIpc) is 3.53. The van der Waals surface area contributed by atoms with Crippen LogP contribution in [-0.2, 0) is 61.9 Å². The van der Waals surface area contributed by atoms with Gasteiger partial charge in [0, 0.05) is 38.7 Å². The van der Waals surface area contributed by atoms with Crippen LogP contribution >= 0.6 is 0 Å². The standard InChI is InChI=1S/C43H44O16/c1-21-31-33(54-23(3)45)35(49)41(7)28(55-30(48)18-15-25-13-16-27(47)17-14-25)19-29-42(20-52-29,58-24(4)46)34(41)37(56-38(50)26-11-9-8-10-12-26)43(40(31,5)6)36(57-39(51)59-43)32(21)53-22(2)44/h8-18,28-29,32-34,36-37,47H,19-20H2,1-7H3/b18-15+/t28-,29+,32+,33+,34-,36-,37-,41+,42-,43+/m0/s1. The van der Waals surface area contributed by atoms with E-state index < -0.39 is 106 Å². The van der Waals surface area contributed by atoms with Crippen LogP contribution in [0.4, 0.5) is 4.79 Å². The Balaban J connectivity index is 1.53. The number of benzene rings is 2. The molecule has 0 aromatic heterocycles. The number of esters is 5. The topological polar surface area (TPSA) is 214 Å². The second-order valence-corrected chi connectivity index (χ2v) is 16.2. The monoisotopic (exact) mass is 816 g/mol. The van der Waals surface area contributed by atoms with E-state index in [1.54, 1.807) is 44.2 Å². The smallest absolute Gasteiger partial charge is 0.508 e. The third kappa shape index (κ3) is 6.44. The lowest BCUT2D eigenvalue weighted by atomic mass is 9.44. The predicted molar refractivity (Wildman–Crippen MR) is 200 cm³/mol. The number of phenols is 1. The van der Waals surface area contributed by atoms with Gasteiger partial charge in [0.25, 0.3) is 0 Å². The Morgan fingerprint density at radius 3 is 2.10 bits per heavy atom. The molecule has 2 saturated carbocycles. The van der Waals surface area contributed by atoms with Gasteiger partial charge in [-0.2, -0.15) is 0 Å². The Hall–Kier alpha value is -6.03. The number of ketones is 1. The largest absolute Gasteiger partial charge is 0.509 e. The van der Waals surface area contributed by atoms with Crippen molar-refractivity contribution in [3.8, 4) is 5.75 Å². The SMILES string of the molecule is CC(=O)O[C@H]1C(=O)[C@]2(C)[C@@H](OC(=O)/C=C/c3ccc(O)cc3)C[C@H]3OC[C@@]3(OC(C)=O)[C@H]2[C@H](OC(=O)c2ccccc2)[C@]23OC(=O)O[C@H]2[C@H](OC(C)=O)C(C)=C1C3(C)C. The van der Waals surface area contributed by atoms with E-state index in [0.29, 0.717) is 5.56 Å². The van der Waals surface area contributed by atoms with E-state index in [1.165, 1.54) is 44.2 Å². The molecule has 2 aromatic rings. The number of rotatable bonds is 8. The lowest BCUT2D eigenvalue weighted by molar-refractivity contribution is -0.346. The molecule has 0 unspecified atom stereocenters. The van der Waals surface area contributed by atoms with Crippen molar-refractivity contribution in [2.45, 2.75) is 103 Å². The van der Waals surface area contributed by atoms with Gasteiger partial charge in [-0.05, 0) is 60.9 Å². The molecule has 16 heteroatoms. The molecule has 2 heterocycles. The summed E-state index contributed by atoms with van der Waals surface area (Å²) in [4.78, 5) is 97.0. The molecule has 2 bridgehead atoms. The molecule has 5 aliphatic rings. The van der Waals surface area contributed by atoms with Crippen molar-refractivity contribution in [1.82, 2.24) is 0 Å². The van der Waals surface area contributed by atoms with Gasteiger partial charge in [-0.25, -0.2) is 14.4 Å². The summed E-state index contributed by atoms with van der Waals surface area (Å²) in [6.07, 6.45) is -8.22. The predicted octanol–water partition coefficient (Wildman–Crippen LogP) is 4.35. The van der Waals surface area contributed by atoms with Gasteiger partial charge in [-0.3, -0.25) is 19.2 Å². The highest BCUT2D eigenvalue weighted by atomic mass is 16.8. The highest BCUT2D eigenvalue weighted by molar-refractivity contribution is 5.96. The molecule has 1 N–H and O–H groups in total. The van der Waals surface area contributed by atoms with Crippen LogP contribution in [0.25, 0.3) is 6.08 Å². The third-order valence-corrected chi connectivity index (χ3v) is 12.5. The fourth-order valence-corrected chi connectivity index (χ4v) is 10.0. The van der Waals surface area contributed by atoms with Crippen LogP contribution in [0.2, 0.25) is 0 Å². The van der Waals surface area contributed by atoms with Crippen molar-refractivity contribution in [3.63, 3.8) is 0 Å². The zero-order valence-electron chi connectivity index (χ0n) is 33.4. The Labute approximate surface area is 338 Å². The van der Waals surface area contributed by atoms with Crippen LogP contribution in [0.3, 0.4) is 0 Å². The summed E-state index contributed by atoms with van der Waals surface area (Å²) in [6, 6.07) is 13.8. The Morgan fingerprint density at radius 1 is 0.847 bits per heavy atom. The van der Waals surface area contributed by atoms with Gasteiger partial charge < -0.3 is 43.0 Å². The molecule has 7 rings (SSSR count). The van der Waals surface area contributed by atoms with E-state index in [0.717, 1.165) is 26.8 Å². The zero-order chi connectivity index (χ0) is 42.8. The maximum absolute atomic E-state index is 15.9. The first-order valence-corrected chi connectivity index (χ1v) is 19.0. The van der Waals surface area contributed by atoms with E-state index in [-0.39, 0.29) is 35.5 Å². The van der Waals surface area contributed by atoms with E-state index in [9.17, 15) is 33.9 Å². The number of Topliss-reactive ketones (excluding diaryl/α,β-unsaturated/α-hetero) is 1. The van der Waals surface area contributed by atoms with E-state index >= 15 is 4.79 Å². The molecule has 59 heavy (non-hydrogen) atoms. The summed E-state index contributed by atoms with van der Waals surface area (Å²) in [5.41, 5.74) is -7.06. The van der Waals surface area contributed by atoms with Crippen molar-refractivity contribution in [2.75, 3.05) is 6.61 Å². The first kappa shape index (κ1) is 41.1. The number of phenolic OH excluding ortho intramolecular Hbond substituents is 1. The van der Waals surface area contributed by atoms with Crippen molar-refractivity contribution >= 4 is 47.9 Å². The Morgan fingerprint density at radius 2 is 1.51 bits per heavy atom. The van der Waals surface area contributed by atoms with Crippen molar-refractivity contribution < 1.29 is 76.6 Å². The molecular formula is C43H44O16. The molecule has 2 saturated heterocycles. The number of ether oxygens (including phenoxy) is 8. The molecule has 2 aromatic carbocycles. The maximum atomic E-state index is 15.9. The normalized spacial score (nSPS) is 33.9. The van der Waals surface area contributed by atoms with E-state index in [4.69, 9.17) is 37.9 Å². The molecule has 0 amide bonds. The second-order valence-electron chi connectivity index (χ2n) is 16.2. The quantitative estimate of drug-likeness (QED) is 0.170. The summed E-state index contributed by atoms with van der Waals surface area (Å²) < 4.78 is 48.9. The van der Waals surface area contributed by atoms with Crippen molar-refractivity contribution in [3.05, 3.63) is 82.9 Å². The van der Waals surface area contributed by atoms with Crippen LogP contribution in [0.15, 0.2) is 71.8 Å². The number of fused-ring (bicyclic) bond motifs is 4. The molecule has 3 aliphatic carbocycles. The average molecular weight is 817 g/mol. The first-order valence-electron chi connectivity index (χ1n) is 19.0. The number of aromatic hydroxyl groups is 1. The molecular weight excluding hydrogens is 772 g/mol. The molecule has 4 fully saturated rings. The van der Waals surface area contributed by atoms with Gasteiger partial charge in [0.15, 0.2) is 35.8 Å². The van der Waals surface area contributed by atoms with E-state index in [1.807, 2.05) is 0 Å². The molecule has 312 valence electrons. The lowest BCUT2D eigenvalue weighted by Gasteiger charge is -2.67. The van der Waals surface area contributed by atoms with Gasteiger partial charge in [0.1, 0.15) is 18.0 Å². The summed E-state index contributed by atoms with van der Waals surface area (Å²) in [6.45, 7) is 9.13. The van der Waals surface area contributed by atoms with Crippen molar-refractivity contribution in [2.24, 2.45) is 16.7 Å². The van der Waals surface area contributed by atoms with Gasteiger partial charge in [-0.15, -0.1) is 0 Å². The van der Waals surface area contributed by atoms with Crippen LogP contribution < -0.4 is 0 Å². The molecule has 1 spiro atoms. The molecule has 16 nitrogen and oxygen atoms in total. The zero-order valence-corrected chi connectivity index (χ0v) is 33.4. The van der Waals surface area contributed by atoms with E-state index in [2.05, 4.69) is 0 Å². The molecule has 0 radical (unpaired) electrons. The Kier molecular flexibility index (Phi) is 10.2. The minimum absolute atomic E-state index is 0.00725. The summed E-state index contributed by atoms with van der Waals surface area (Å²) in [7, 11) is 0. The van der Waals surface area contributed by atoms with Crippen LogP contribution in [-0.4, -0.2) is 101 Å². The fourth-order valence-electron chi connectivity index (χ4n) is 10.0. The molecule has 10 atom stereocenters. The number of carbonyl (C=O) groups is 7. The van der Waals surface area contributed by atoms with Crippen molar-refractivity contribution in [1.29, 1.82) is 0 Å². The van der Waals surface area contributed by atoms with Crippen LogP contribution in [0, 0.1) is 16.7 Å². The second kappa shape index (κ2) is 14.7. The lowest BCUT2D eigenvalue weighted by Crippen LogP contribution is -2.83. The fraction of sp³-hybridized carbons (Fsp3) is 0.465. The summed E-state index contributed by atoms with van der Waals surface area (Å²) in [5.74, 6) is -6.84. The Bertz CT molecular complexity index is 2170. The first-order chi connectivity index (χ1) is 27.8. The minimum atomic E-state index is -2.24. The minimum Gasteiger partial charge on any atom is -0.508 e. The summed E-state index contributed by atoms with van der Waals surface area (Å²) in [5, 5.41) is 9.72. The maximum Gasteiger partial charge on any atom is 0.509 e. The van der Waals surface area contributed by atoms with Gasteiger partial charge in [0.2, 0.25) is 5.60 Å². The van der Waals surface area contributed by atoms with Crippen LogP contribution in [0.1, 0.15) is 70.8 Å². The highest BCUT2D eigenvalue weighted by Gasteiger charge is 2.83. The number of carbonyl (C=O) groups excluding carboxylic acids is 7. The van der Waals surface area contributed by atoms with Gasteiger partial charge in [0.05, 0.1) is 23.5 Å². The van der Waals surface area contributed by atoms with Gasteiger partial charge >= 0.3 is 36.0 Å². The third-order valence-electron chi connectivity index (χ3n) is 12.5. The van der Waals surface area contributed by atoms with Crippen LogP contribution in [0.5, 0.6) is 5.75 Å². The number of hydrogen-bond donors (Lipinski definition) is 1. The molecule has 2 aliphatic heterocycles. The van der Waals surface area contributed by atoms with Gasteiger partial charge in [-0.1, -0.05) is 44.2 Å².